The number of H-pyrrole nitrogens is 1. The summed E-state index contributed by atoms with van der Waals surface area (Å²) < 4.78 is 33.7. The average molecular weight is 966 g/mol. The van der Waals surface area contributed by atoms with Crippen molar-refractivity contribution in [3.8, 4) is 0 Å². The molecular weight excluding hydrogens is 898 g/mol. The van der Waals surface area contributed by atoms with Crippen molar-refractivity contribution in [1.29, 1.82) is 0 Å². The summed E-state index contributed by atoms with van der Waals surface area (Å²) in [5.74, 6) is 1.14. The maximum Gasteiger partial charge on any atom is 0.295 e. The first-order chi connectivity index (χ1) is 31.6. The number of hydrogen-bond acceptors (Lipinski definition) is 11. The SMILES string of the molecule is CN1CCN(c2nc(CCCN[C@@H]3C[C@H]3c3ccc(F)cc3)c[nH]c2=O)CC1=O.CN1CCN(c2nc(CCCN[C@@H]3C[C@H]3c3ccc(F)cc3)cn(COCC[Si](C)(C)C)c2=O)CC1=O.Cl. The number of hydrogen-bond donors (Lipinski definition) is 3. The van der Waals surface area contributed by atoms with Gasteiger partial charge in [0, 0.05) is 91.3 Å². The molecule has 2 aromatic heterocycles. The highest BCUT2D eigenvalue weighted by atomic mass is 35.5. The lowest BCUT2D eigenvalue weighted by molar-refractivity contribution is -0.130. The summed E-state index contributed by atoms with van der Waals surface area (Å²) in [4.78, 5) is 68.5. The largest absolute Gasteiger partial charge is 0.361 e. The van der Waals surface area contributed by atoms with Gasteiger partial charge in [0.2, 0.25) is 11.8 Å². The molecule has 4 atom stereocenters. The van der Waals surface area contributed by atoms with E-state index in [1.54, 1.807) is 50.7 Å². The Morgan fingerprint density at radius 1 is 0.716 bits per heavy atom. The number of anilines is 2. The summed E-state index contributed by atoms with van der Waals surface area (Å²) >= 11 is 0. The number of amides is 2. The van der Waals surface area contributed by atoms with Gasteiger partial charge in [-0.15, -0.1) is 12.4 Å². The molecule has 4 aromatic rings. The number of carbonyl (C=O) groups is 2. The number of ether oxygens (including phenoxy) is 1. The molecule has 4 fully saturated rings. The monoisotopic (exact) mass is 964 g/mol. The Labute approximate surface area is 399 Å². The van der Waals surface area contributed by atoms with E-state index in [1.165, 1.54) is 35.4 Å². The molecule has 4 aliphatic rings. The average Bonchev–Trinajstić information content (AvgIpc) is 4.23. The molecule has 0 unspecified atom stereocenters. The number of halogens is 3. The van der Waals surface area contributed by atoms with Gasteiger partial charge in [0.15, 0.2) is 11.6 Å². The lowest BCUT2D eigenvalue weighted by atomic mass is 10.1. The molecular formula is C48H67ClF2N10O5Si. The molecule has 8 rings (SSSR count). The number of aryl methyl sites for hydroxylation is 2. The second-order valence-corrected chi connectivity index (χ2v) is 24.9. The van der Waals surface area contributed by atoms with Crippen LogP contribution in [0.25, 0.3) is 0 Å². The van der Waals surface area contributed by atoms with Crippen LogP contribution in [0.3, 0.4) is 0 Å². The standard InChI is InChI=1S/C27H40FN5O3Si.C21H26FN5O2.ClH/c1-31-12-13-32(18-25(31)34)26-27(35)33(19-36-14-15-37(2,3)4)17-22(30-26)6-5-11-29-24-16-23(24)20-7-9-21(28)10-8-20;1-26-9-10-27(13-19(26)28)20-21(29)24-12-16(25-20)3-2-8-23-18-11-17(18)14-4-6-15(22)7-5-14;/h7-10,17,23-24,29H,5-6,11-16,18-19H2,1-4H3;4-7,12,17-18,23H,2-3,8-11,13H2,1H3,(H,24,29);1H/t23-,24+;17-,18+;/m00./s1. The lowest BCUT2D eigenvalue weighted by Gasteiger charge is -2.32. The highest BCUT2D eigenvalue weighted by molar-refractivity contribution is 6.76. The molecule has 67 heavy (non-hydrogen) atoms. The number of nitrogens with one attached hydrogen (secondary N) is 3. The van der Waals surface area contributed by atoms with Crippen LogP contribution in [0.2, 0.25) is 25.7 Å². The Kier molecular flexibility index (Phi) is 17.9. The van der Waals surface area contributed by atoms with Crippen LogP contribution in [-0.2, 0) is 33.9 Å². The van der Waals surface area contributed by atoms with E-state index in [-0.39, 0.29) is 66.8 Å². The van der Waals surface area contributed by atoms with Gasteiger partial charge in [-0.2, -0.15) is 0 Å². The highest BCUT2D eigenvalue weighted by Crippen LogP contribution is 2.41. The van der Waals surface area contributed by atoms with E-state index in [0.717, 1.165) is 62.6 Å². The van der Waals surface area contributed by atoms with Crippen LogP contribution in [0.1, 0.15) is 60.0 Å². The van der Waals surface area contributed by atoms with E-state index >= 15 is 0 Å². The van der Waals surface area contributed by atoms with Crippen molar-refractivity contribution in [2.45, 2.75) is 94.9 Å². The Morgan fingerprint density at radius 3 is 1.72 bits per heavy atom. The van der Waals surface area contributed by atoms with Gasteiger partial charge in [-0.3, -0.25) is 23.7 Å². The Hall–Kier alpha value is -5.01. The number of benzene rings is 2. The summed E-state index contributed by atoms with van der Waals surface area (Å²) in [6.45, 7) is 12.1. The molecule has 2 saturated carbocycles. The van der Waals surface area contributed by atoms with Gasteiger partial charge in [-0.25, -0.2) is 18.7 Å². The van der Waals surface area contributed by atoms with E-state index in [4.69, 9.17) is 9.72 Å². The summed E-state index contributed by atoms with van der Waals surface area (Å²) in [5.41, 5.74) is 3.52. The van der Waals surface area contributed by atoms with Crippen molar-refractivity contribution in [1.82, 2.24) is 40.0 Å². The van der Waals surface area contributed by atoms with E-state index < -0.39 is 8.07 Å². The van der Waals surface area contributed by atoms with Crippen LogP contribution in [0.5, 0.6) is 0 Å². The summed E-state index contributed by atoms with van der Waals surface area (Å²) in [5, 5.41) is 7.13. The maximum atomic E-state index is 13.2. The number of aromatic amines is 1. The zero-order valence-corrected chi connectivity index (χ0v) is 41.3. The zero-order valence-electron chi connectivity index (χ0n) is 39.4. The van der Waals surface area contributed by atoms with Gasteiger partial charge in [-0.1, -0.05) is 43.9 Å². The molecule has 2 aliphatic carbocycles. The molecule has 3 N–H and O–H groups in total. The summed E-state index contributed by atoms with van der Waals surface area (Å²) in [6.07, 6.45) is 8.81. The fourth-order valence-electron chi connectivity index (χ4n) is 8.31. The van der Waals surface area contributed by atoms with Gasteiger partial charge in [0.05, 0.1) is 24.5 Å². The minimum Gasteiger partial charge on any atom is -0.361 e. The van der Waals surface area contributed by atoms with Crippen LogP contribution in [0, 0.1) is 11.6 Å². The first kappa shape index (κ1) is 51.4. The smallest absolute Gasteiger partial charge is 0.295 e. The highest BCUT2D eigenvalue weighted by Gasteiger charge is 2.38. The molecule has 19 heteroatoms. The second-order valence-electron chi connectivity index (χ2n) is 19.3. The molecule has 0 bridgehead atoms. The third-order valence-electron chi connectivity index (χ3n) is 12.8. The first-order valence-electron chi connectivity index (χ1n) is 23.3. The predicted octanol–water partition coefficient (Wildman–Crippen LogP) is 4.74. The second kappa shape index (κ2) is 23.3. The Morgan fingerprint density at radius 2 is 1.21 bits per heavy atom. The number of rotatable bonds is 19. The number of carbonyl (C=O) groups excluding carboxylic acids is 2. The minimum absolute atomic E-state index is 0. The first-order valence-corrected chi connectivity index (χ1v) is 27.0. The normalized spacial score (nSPS) is 20.3. The van der Waals surface area contributed by atoms with Gasteiger partial charge in [-0.05, 0) is 93.1 Å². The maximum absolute atomic E-state index is 13.2. The van der Waals surface area contributed by atoms with Crippen LogP contribution in [0.4, 0.5) is 20.4 Å². The van der Waals surface area contributed by atoms with E-state index in [0.29, 0.717) is 74.8 Å². The van der Waals surface area contributed by atoms with Crippen molar-refractivity contribution in [2.75, 3.05) is 82.9 Å². The van der Waals surface area contributed by atoms with Crippen molar-refractivity contribution in [2.24, 2.45) is 0 Å². The lowest BCUT2D eigenvalue weighted by Crippen LogP contribution is -2.50. The molecule has 15 nitrogen and oxygen atoms in total. The van der Waals surface area contributed by atoms with Gasteiger partial charge in [0.1, 0.15) is 18.4 Å². The molecule has 2 amide bonds. The quantitative estimate of drug-likeness (QED) is 0.0881. The summed E-state index contributed by atoms with van der Waals surface area (Å²) in [7, 11) is 2.32. The molecule has 364 valence electrons. The zero-order chi connectivity index (χ0) is 47.0. The fourth-order valence-corrected chi connectivity index (χ4v) is 9.07. The molecule has 2 aromatic carbocycles. The van der Waals surface area contributed by atoms with Crippen molar-refractivity contribution in [3.05, 3.63) is 116 Å². The molecule has 2 saturated heterocycles. The number of nitrogens with zero attached hydrogens (tertiary/aromatic N) is 7. The summed E-state index contributed by atoms with van der Waals surface area (Å²) in [6, 6.07) is 15.4. The fraction of sp³-hybridized carbons (Fsp3) is 0.542. The Bertz CT molecular complexity index is 2400. The van der Waals surface area contributed by atoms with Crippen LogP contribution >= 0.6 is 12.4 Å². The third-order valence-corrected chi connectivity index (χ3v) is 14.5. The van der Waals surface area contributed by atoms with Gasteiger partial charge in [0.25, 0.3) is 11.1 Å². The third kappa shape index (κ3) is 14.7. The molecule has 4 heterocycles. The van der Waals surface area contributed by atoms with Crippen molar-refractivity contribution in [3.63, 3.8) is 0 Å². The Balaban J connectivity index is 0.000000224. The van der Waals surface area contributed by atoms with Crippen LogP contribution < -0.4 is 31.6 Å². The molecule has 2 aliphatic heterocycles. The van der Waals surface area contributed by atoms with Crippen LogP contribution in [-0.4, -0.2) is 134 Å². The predicted molar refractivity (Wildman–Crippen MR) is 262 cm³/mol. The number of likely N-dealkylation sites (N-methyl/N-ethyl adjacent to an activating group) is 2. The van der Waals surface area contributed by atoms with Crippen LogP contribution in [0.15, 0.2) is 70.5 Å². The van der Waals surface area contributed by atoms with Crippen molar-refractivity contribution >= 4 is 43.9 Å². The van der Waals surface area contributed by atoms with Crippen molar-refractivity contribution < 1.29 is 23.1 Å². The molecule has 0 spiro atoms. The van der Waals surface area contributed by atoms with E-state index in [1.807, 2.05) is 24.3 Å². The van der Waals surface area contributed by atoms with Gasteiger partial charge >= 0.3 is 0 Å². The van der Waals surface area contributed by atoms with E-state index in [2.05, 4.69) is 40.2 Å². The van der Waals surface area contributed by atoms with E-state index in [9.17, 15) is 28.0 Å². The molecule has 0 radical (unpaired) electrons. The number of piperazine rings is 2. The minimum atomic E-state index is -1.23. The van der Waals surface area contributed by atoms with Gasteiger partial charge < -0.3 is 40.0 Å². The topological polar surface area (TPSA) is 161 Å². The number of aromatic nitrogens is 4.